The third-order valence-electron chi connectivity index (χ3n) is 2.62. The molecular formula is C13H17ClN2OS. The molecule has 18 heavy (non-hydrogen) atoms. The van der Waals surface area contributed by atoms with Gasteiger partial charge in [0.25, 0.3) is 0 Å². The molecular weight excluding hydrogens is 268 g/mol. The van der Waals surface area contributed by atoms with E-state index in [1.807, 2.05) is 41.1 Å². The van der Waals surface area contributed by atoms with Gasteiger partial charge in [-0.25, -0.2) is 4.98 Å². The van der Waals surface area contributed by atoms with Gasteiger partial charge < -0.3 is 4.57 Å². The van der Waals surface area contributed by atoms with E-state index in [1.54, 1.807) is 12.5 Å². The second kappa shape index (κ2) is 7.34. The third kappa shape index (κ3) is 3.43. The monoisotopic (exact) mass is 284 g/mol. The fraction of sp³-hybridized carbons (Fsp3) is 0.308. The maximum absolute atomic E-state index is 12.5. The summed E-state index contributed by atoms with van der Waals surface area (Å²) in [5, 5.41) is -0.0232. The average molecular weight is 285 g/mol. The van der Waals surface area contributed by atoms with E-state index in [4.69, 9.17) is 0 Å². The molecule has 0 bridgehead atoms. The number of hydrogen-bond donors (Lipinski definition) is 0. The zero-order valence-electron chi connectivity index (χ0n) is 10.2. The van der Waals surface area contributed by atoms with E-state index >= 15 is 0 Å². The van der Waals surface area contributed by atoms with Gasteiger partial charge in [-0.2, -0.15) is 0 Å². The molecule has 3 nitrogen and oxygen atoms in total. The fourth-order valence-corrected chi connectivity index (χ4v) is 3.30. The topological polar surface area (TPSA) is 34.9 Å². The summed E-state index contributed by atoms with van der Waals surface area (Å²) in [4.78, 5) is 4.90. The van der Waals surface area contributed by atoms with Crippen LogP contribution >= 0.6 is 12.4 Å². The first kappa shape index (κ1) is 14.9. The van der Waals surface area contributed by atoms with Gasteiger partial charge in [0.15, 0.2) is 0 Å². The molecule has 0 saturated heterocycles. The van der Waals surface area contributed by atoms with E-state index in [0.29, 0.717) is 0 Å². The van der Waals surface area contributed by atoms with Crippen molar-refractivity contribution in [1.29, 1.82) is 0 Å². The Labute approximate surface area is 116 Å². The van der Waals surface area contributed by atoms with Gasteiger partial charge in [0.1, 0.15) is 5.37 Å². The van der Waals surface area contributed by atoms with E-state index < -0.39 is 10.8 Å². The predicted molar refractivity (Wildman–Crippen MR) is 76.3 cm³/mol. The first-order chi connectivity index (χ1) is 8.33. The minimum atomic E-state index is -1.03. The van der Waals surface area contributed by atoms with Crippen molar-refractivity contribution in [2.24, 2.45) is 0 Å². The minimum absolute atomic E-state index is 0. The number of halogens is 1. The first-order valence-electron chi connectivity index (χ1n) is 5.76. The largest absolute Gasteiger partial charge is 0.322 e. The van der Waals surface area contributed by atoms with E-state index in [2.05, 4.69) is 11.9 Å². The van der Waals surface area contributed by atoms with Crippen molar-refractivity contribution < 1.29 is 4.21 Å². The first-order valence-corrected chi connectivity index (χ1v) is 6.97. The third-order valence-corrected chi connectivity index (χ3v) is 4.33. The van der Waals surface area contributed by atoms with Gasteiger partial charge in [-0.15, -0.1) is 12.4 Å². The van der Waals surface area contributed by atoms with Crippen LogP contribution < -0.4 is 0 Å². The normalized spacial score (nSPS) is 13.6. The highest BCUT2D eigenvalue weighted by molar-refractivity contribution is 7.85. The molecule has 0 spiro atoms. The molecule has 0 fully saturated rings. The van der Waals surface area contributed by atoms with Crippen LogP contribution in [0.25, 0.3) is 0 Å². The SMILES string of the molecule is CCCC(n1ccnc1)S(=O)c1ccccc1.Cl. The summed E-state index contributed by atoms with van der Waals surface area (Å²) in [7, 11) is -1.03. The Balaban J connectivity index is 0.00000162. The molecule has 98 valence electrons. The van der Waals surface area contributed by atoms with E-state index in [9.17, 15) is 4.21 Å². The molecule has 1 aromatic heterocycles. The molecule has 0 radical (unpaired) electrons. The summed E-state index contributed by atoms with van der Waals surface area (Å²) in [5.41, 5.74) is 0. The quantitative estimate of drug-likeness (QED) is 0.843. The lowest BCUT2D eigenvalue weighted by Gasteiger charge is -2.17. The highest BCUT2D eigenvalue weighted by Gasteiger charge is 2.18. The Morgan fingerprint density at radius 2 is 2.06 bits per heavy atom. The maximum atomic E-state index is 12.5. The molecule has 1 heterocycles. The van der Waals surface area contributed by atoms with Crippen molar-refractivity contribution in [1.82, 2.24) is 9.55 Å². The second-order valence-corrected chi connectivity index (χ2v) is 5.47. The van der Waals surface area contributed by atoms with E-state index in [-0.39, 0.29) is 17.8 Å². The molecule has 1 aromatic carbocycles. The van der Waals surface area contributed by atoms with Gasteiger partial charge in [0.2, 0.25) is 0 Å². The number of benzene rings is 1. The van der Waals surface area contributed by atoms with Crippen LogP contribution in [0.1, 0.15) is 25.1 Å². The van der Waals surface area contributed by atoms with E-state index in [0.717, 1.165) is 17.7 Å². The minimum Gasteiger partial charge on any atom is -0.322 e. The second-order valence-electron chi connectivity index (χ2n) is 3.86. The number of nitrogens with zero attached hydrogens (tertiary/aromatic N) is 2. The van der Waals surface area contributed by atoms with Crippen LogP contribution in [-0.2, 0) is 10.8 Å². The van der Waals surface area contributed by atoms with Gasteiger partial charge in [-0.1, -0.05) is 31.5 Å². The number of hydrogen-bond acceptors (Lipinski definition) is 2. The fourth-order valence-electron chi connectivity index (χ4n) is 1.77. The summed E-state index contributed by atoms with van der Waals surface area (Å²) in [6.07, 6.45) is 7.23. The van der Waals surface area contributed by atoms with Crippen molar-refractivity contribution in [2.75, 3.05) is 0 Å². The van der Waals surface area contributed by atoms with Crippen LogP contribution in [-0.4, -0.2) is 13.8 Å². The van der Waals surface area contributed by atoms with Crippen molar-refractivity contribution >= 4 is 23.2 Å². The lowest BCUT2D eigenvalue weighted by Crippen LogP contribution is -2.13. The molecule has 0 amide bonds. The highest BCUT2D eigenvalue weighted by atomic mass is 35.5. The molecule has 5 heteroatoms. The van der Waals surface area contributed by atoms with Crippen molar-refractivity contribution in [3.05, 3.63) is 49.1 Å². The van der Waals surface area contributed by atoms with Gasteiger partial charge in [0.05, 0.1) is 17.1 Å². The van der Waals surface area contributed by atoms with Crippen molar-refractivity contribution in [3.8, 4) is 0 Å². The zero-order chi connectivity index (χ0) is 12.1. The van der Waals surface area contributed by atoms with Crippen LogP contribution in [0.4, 0.5) is 0 Å². The Bertz CT molecular complexity index is 473. The number of aromatic nitrogens is 2. The molecule has 2 atom stereocenters. The lowest BCUT2D eigenvalue weighted by atomic mass is 10.3. The highest BCUT2D eigenvalue weighted by Crippen LogP contribution is 2.23. The zero-order valence-corrected chi connectivity index (χ0v) is 11.9. The Hall–Kier alpha value is -1.13. The van der Waals surface area contributed by atoms with E-state index in [1.165, 1.54) is 0 Å². The molecule has 2 rings (SSSR count). The smallest absolute Gasteiger partial charge is 0.114 e. The van der Waals surface area contributed by atoms with Gasteiger partial charge in [-0.3, -0.25) is 4.21 Å². The summed E-state index contributed by atoms with van der Waals surface area (Å²) in [5.74, 6) is 0. The summed E-state index contributed by atoms with van der Waals surface area (Å²) in [6.45, 7) is 2.10. The summed E-state index contributed by atoms with van der Waals surface area (Å²) < 4.78 is 14.4. The van der Waals surface area contributed by atoms with Crippen LogP contribution in [0.3, 0.4) is 0 Å². The molecule has 0 aliphatic heterocycles. The molecule has 0 aliphatic carbocycles. The maximum Gasteiger partial charge on any atom is 0.114 e. The molecule has 2 aromatic rings. The van der Waals surface area contributed by atoms with Crippen LogP contribution in [0.15, 0.2) is 53.9 Å². The Morgan fingerprint density at radius 3 is 2.61 bits per heavy atom. The van der Waals surface area contributed by atoms with Crippen molar-refractivity contribution in [3.63, 3.8) is 0 Å². The molecule has 0 aliphatic rings. The molecule has 0 N–H and O–H groups in total. The van der Waals surface area contributed by atoms with Crippen LogP contribution in [0.2, 0.25) is 0 Å². The standard InChI is InChI=1S/C13H16N2OS.ClH/c1-2-6-13(15-10-9-14-11-15)17(16)12-7-4-3-5-8-12;/h3-5,7-11,13H,2,6H2,1H3;1H. The Kier molecular flexibility index (Phi) is 6.09. The lowest BCUT2D eigenvalue weighted by molar-refractivity contribution is 0.577. The predicted octanol–water partition coefficient (Wildman–Crippen LogP) is 3.41. The summed E-state index contributed by atoms with van der Waals surface area (Å²) >= 11 is 0. The van der Waals surface area contributed by atoms with Gasteiger partial charge in [0, 0.05) is 17.3 Å². The molecule has 2 unspecified atom stereocenters. The van der Waals surface area contributed by atoms with Crippen LogP contribution in [0.5, 0.6) is 0 Å². The molecule has 0 saturated carbocycles. The average Bonchev–Trinajstić information content (AvgIpc) is 2.90. The van der Waals surface area contributed by atoms with Crippen molar-refractivity contribution in [2.45, 2.75) is 30.0 Å². The van der Waals surface area contributed by atoms with Gasteiger partial charge in [-0.05, 0) is 18.6 Å². The summed E-state index contributed by atoms with van der Waals surface area (Å²) in [6, 6.07) is 9.60. The van der Waals surface area contributed by atoms with Crippen LogP contribution in [0, 0.1) is 0 Å². The number of rotatable bonds is 5. The number of imidazole rings is 1. The Morgan fingerprint density at radius 1 is 1.33 bits per heavy atom. The van der Waals surface area contributed by atoms with Gasteiger partial charge >= 0.3 is 0 Å².